The van der Waals surface area contributed by atoms with Crippen LogP contribution >= 0.6 is 11.6 Å². The number of carbonyl (C=O) groups is 1. The van der Waals surface area contributed by atoms with Crippen molar-refractivity contribution in [2.24, 2.45) is 7.05 Å². The van der Waals surface area contributed by atoms with Gasteiger partial charge in [-0.1, -0.05) is 11.6 Å². The average molecular weight is 412 g/mol. The lowest BCUT2D eigenvalue weighted by atomic mass is 10.1. The van der Waals surface area contributed by atoms with Gasteiger partial charge in [0.15, 0.2) is 6.29 Å². The topological polar surface area (TPSA) is 56.6 Å². The van der Waals surface area contributed by atoms with Crippen LogP contribution < -0.4 is 4.74 Å². The Morgan fingerprint density at radius 3 is 2.66 bits per heavy atom. The molecule has 29 heavy (non-hydrogen) atoms. The van der Waals surface area contributed by atoms with E-state index in [4.69, 9.17) is 21.1 Å². The Hall–Kier alpha value is -2.67. The lowest BCUT2D eigenvalue weighted by Gasteiger charge is -2.26. The van der Waals surface area contributed by atoms with Gasteiger partial charge in [-0.2, -0.15) is 0 Å². The highest BCUT2D eigenvalue weighted by atomic mass is 35.5. The van der Waals surface area contributed by atoms with Gasteiger partial charge in [-0.3, -0.25) is 9.69 Å². The number of rotatable bonds is 6. The first-order valence-electron chi connectivity index (χ1n) is 9.48. The van der Waals surface area contributed by atoms with Crippen LogP contribution in [0.5, 0.6) is 11.5 Å². The second-order valence-electron chi connectivity index (χ2n) is 6.93. The first-order chi connectivity index (χ1) is 14.1. The van der Waals surface area contributed by atoms with Crippen LogP contribution in [0, 0.1) is 0 Å². The molecule has 0 N–H and O–H groups in total. The molecule has 0 amide bonds. The fraction of sp³-hybridized carbons (Fsp3) is 0.273. The molecule has 0 aliphatic carbocycles. The first kappa shape index (κ1) is 19.6. The van der Waals surface area contributed by atoms with Crippen molar-refractivity contribution in [2.75, 3.05) is 26.3 Å². The third-order valence-electron chi connectivity index (χ3n) is 5.03. The molecule has 1 aromatic heterocycles. The summed E-state index contributed by atoms with van der Waals surface area (Å²) in [5.74, 6) is 2.10. The van der Waals surface area contributed by atoms with Crippen LogP contribution in [0.4, 0.5) is 0 Å². The number of benzene rings is 2. The van der Waals surface area contributed by atoms with Gasteiger partial charge in [0.05, 0.1) is 37.2 Å². The zero-order chi connectivity index (χ0) is 20.2. The molecule has 0 radical (unpaired) electrons. The summed E-state index contributed by atoms with van der Waals surface area (Å²) in [7, 11) is 2.03. The minimum atomic E-state index is 0.439. The Balaban J connectivity index is 1.50. The van der Waals surface area contributed by atoms with Crippen molar-refractivity contribution in [3.05, 3.63) is 65.1 Å². The van der Waals surface area contributed by atoms with Crippen LogP contribution in [0.2, 0.25) is 5.02 Å². The fourth-order valence-corrected chi connectivity index (χ4v) is 3.50. The maximum absolute atomic E-state index is 11.2. The zero-order valence-corrected chi connectivity index (χ0v) is 16.9. The molecule has 1 fully saturated rings. The Labute approximate surface area is 174 Å². The highest BCUT2D eigenvalue weighted by molar-refractivity contribution is 6.30. The van der Waals surface area contributed by atoms with Crippen LogP contribution in [0.1, 0.15) is 16.2 Å². The lowest BCUT2D eigenvalue weighted by molar-refractivity contribution is 0.0327. The van der Waals surface area contributed by atoms with E-state index in [1.807, 2.05) is 37.5 Å². The Bertz CT molecular complexity index is 995. The minimum Gasteiger partial charge on any atom is -0.457 e. The molecule has 4 rings (SSSR count). The third-order valence-corrected chi connectivity index (χ3v) is 5.27. The molecule has 0 bridgehead atoms. The summed E-state index contributed by atoms with van der Waals surface area (Å²) in [6, 6.07) is 12.7. The number of hydrogen-bond donors (Lipinski definition) is 0. The maximum atomic E-state index is 11.2. The third kappa shape index (κ3) is 4.50. The highest BCUT2D eigenvalue weighted by Crippen LogP contribution is 2.29. The molecule has 0 unspecified atom stereocenters. The number of imidazole rings is 1. The Morgan fingerprint density at radius 1 is 1.17 bits per heavy atom. The van der Waals surface area contributed by atoms with E-state index in [0.29, 0.717) is 22.1 Å². The molecule has 1 aliphatic heterocycles. The van der Waals surface area contributed by atoms with Crippen LogP contribution in [0.15, 0.2) is 48.7 Å². The number of aromatic nitrogens is 2. The predicted octanol–water partition coefficient (Wildman–Crippen LogP) is 4.18. The van der Waals surface area contributed by atoms with E-state index in [1.165, 1.54) is 0 Å². The van der Waals surface area contributed by atoms with Crippen molar-refractivity contribution in [1.82, 2.24) is 14.5 Å². The van der Waals surface area contributed by atoms with Gasteiger partial charge in [0.2, 0.25) is 0 Å². The van der Waals surface area contributed by atoms with Crippen LogP contribution in [-0.2, 0) is 18.3 Å². The number of morpholine rings is 1. The molecule has 0 saturated carbocycles. The van der Waals surface area contributed by atoms with Crippen molar-refractivity contribution >= 4 is 17.9 Å². The largest absolute Gasteiger partial charge is 0.457 e. The van der Waals surface area contributed by atoms with E-state index >= 15 is 0 Å². The second-order valence-corrected chi connectivity index (χ2v) is 7.37. The fourth-order valence-electron chi connectivity index (χ4n) is 3.34. The van der Waals surface area contributed by atoms with Crippen molar-refractivity contribution in [1.29, 1.82) is 0 Å². The van der Waals surface area contributed by atoms with E-state index in [0.717, 1.165) is 56.2 Å². The van der Waals surface area contributed by atoms with E-state index in [-0.39, 0.29) is 0 Å². The van der Waals surface area contributed by atoms with Gasteiger partial charge in [0.1, 0.15) is 17.3 Å². The smallest absolute Gasteiger partial charge is 0.153 e. The molecule has 150 valence electrons. The molecule has 3 aromatic rings. The normalized spacial score (nSPS) is 14.7. The summed E-state index contributed by atoms with van der Waals surface area (Å²) in [6.07, 6.45) is 2.65. The van der Waals surface area contributed by atoms with E-state index in [9.17, 15) is 4.79 Å². The first-order valence-corrected chi connectivity index (χ1v) is 9.85. The van der Waals surface area contributed by atoms with E-state index in [2.05, 4.69) is 14.5 Å². The number of carbonyl (C=O) groups excluding carboxylic acids is 1. The monoisotopic (exact) mass is 411 g/mol. The van der Waals surface area contributed by atoms with Crippen molar-refractivity contribution in [2.45, 2.75) is 6.54 Å². The maximum Gasteiger partial charge on any atom is 0.153 e. The molecule has 2 heterocycles. The van der Waals surface area contributed by atoms with Gasteiger partial charge >= 0.3 is 0 Å². The molecule has 6 nitrogen and oxygen atoms in total. The highest BCUT2D eigenvalue weighted by Gasteiger charge is 2.15. The van der Waals surface area contributed by atoms with E-state index in [1.54, 1.807) is 18.2 Å². The Morgan fingerprint density at radius 2 is 1.93 bits per heavy atom. The number of hydrogen-bond acceptors (Lipinski definition) is 5. The summed E-state index contributed by atoms with van der Waals surface area (Å²) in [4.78, 5) is 18.2. The minimum absolute atomic E-state index is 0.439. The average Bonchev–Trinajstić information content (AvgIpc) is 3.10. The van der Waals surface area contributed by atoms with E-state index < -0.39 is 0 Å². The van der Waals surface area contributed by atoms with Gasteiger partial charge < -0.3 is 14.0 Å². The number of ether oxygens (including phenoxy) is 2. The molecule has 7 heteroatoms. The zero-order valence-electron chi connectivity index (χ0n) is 16.2. The molecule has 2 aromatic carbocycles. The van der Waals surface area contributed by atoms with Gasteiger partial charge in [0, 0.05) is 36.8 Å². The quantitative estimate of drug-likeness (QED) is 0.569. The molecular formula is C22H22ClN3O3. The van der Waals surface area contributed by atoms with Crippen molar-refractivity contribution in [3.63, 3.8) is 0 Å². The van der Waals surface area contributed by atoms with Crippen LogP contribution in [-0.4, -0.2) is 47.0 Å². The SMILES string of the molecule is Cn1c(-c2ccc(Oc3cc(Cl)ccc3C=O)cc2)cnc1CN1CCOCC1. The molecule has 0 spiro atoms. The van der Waals surface area contributed by atoms with Crippen LogP contribution in [0.25, 0.3) is 11.3 Å². The van der Waals surface area contributed by atoms with Gasteiger partial charge in [-0.05, 0) is 36.4 Å². The Kier molecular flexibility index (Phi) is 5.94. The van der Waals surface area contributed by atoms with Crippen molar-refractivity contribution < 1.29 is 14.3 Å². The summed E-state index contributed by atoms with van der Waals surface area (Å²) < 4.78 is 13.4. The number of nitrogens with zero attached hydrogens (tertiary/aromatic N) is 3. The van der Waals surface area contributed by atoms with Crippen molar-refractivity contribution in [3.8, 4) is 22.8 Å². The van der Waals surface area contributed by atoms with Gasteiger partial charge in [-0.25, -0.2) is 4.98 Å². The number of aldehydes is 1. The van der Waals surface area contributed by atoms with Crippen LogP contribution in [0.3, 0.4) is 0 Å². The molecule has 0 atom stereocenters. The summed E-state index contributed by atoms with van der Waals surface area (Å²) in [6.45, 7) is 4.22. The molecule has 1 saturated heterocycles. The second kappa shape index (κ2) is 8.78. The summed E-state index contributed by atoms with van der Waals surface area (Å²) in [5, 5.41) is 0.518. The number of halogens is 1. The summed E-state index contributed by atoms with van der Waals surface area (Å²) >= 11 is 6.02. The standard InChI is InChI=1S/C22H22ClN3O3/c1-25-20(13-24-22(25)14-26-8-10-28-11-9-26)16-3-6-19(7-4-16)29-21-12-18(23)5-2-17(21)15-27/h2-7,12-13,15H,8-11,14H2,1H3. The lowest BCUT2D eigenvalue weighted by Crippen LogP contribution is -2.36. The summed E-state index contributed by atoms with van der Waals surface area (Å²) in [5.41, 5.74) is 2.54. The molecule has 1 aliphatic rings. The molecular weight excluding hydrogens is 390 g/mol. The predicted molar refractivity (Wildman–Crippen MR) is 112 cm³/mol. The van der Waals surface area contributed by atoms with Gasteiger partial charge in [0.25, 0.3) is 0 Å². The van der Waals surface area contributed by atoms with Gasteiger partial charge in [-0.15, -0.1) is 0 Å².